The van der Waals surface area contributed by atoms with Crippen LogP contribution in [0.3, 0.4) is 0 Å². The van der Waals surface area contributed by atoms with Crippen molar-refractivity contribution in [2.45, 2.75) is 31.3 Å². The number of rotatable bonds is 3. The van der Waals surface area contributed by atoms with Gasteiger partial charge in [0.05, 0.1) is 16.1 Å². The molecule has 0 spiro atoms. The molecule has 0 radical (unpaired) electrons. The van der Waals surface area contributed by atoms with Crippen LogP contribution in [0.1, 0.15) is 19.3 Å². The Morgan fingerprint density at radius 1 is 1.45 bits per heavy atom. The molecule has 1 heterocycles. The van der Waals surface area contributed by atoms with Gasteiger partial charge in [0.2, 0.25) is 0 Å². The van der Waals surface area contributed by atoms with Gasteiger partial charge in [-0.25, -0.2) is 4.39 Å². The van der Waals surface area contributed by atoms with Gasteiger partial charge < -0.3 is 14.5 Å². The summed E-state index contributed by atoms with van der Waals surface area (Å²) in [7, 11) is 4.18. The van der Waals surface area contributed by atoms with Crippen LogP contribution in [0.5, 0.6) is 0 Å². The molecule has 1 aromatic heterocycles. The number of nitrogens with one attached hydrogen (secondary N) is 1. The number of likely N-dealkylation sites (N-methyl/N-ethyl adjacent to an activating group) is 1. The van der Waals surface area contributed by atoms with Crippen molar-refractivity contribution < 1.29 is 4.39 Å². The highest BCUT2D eigenvalue weighted by Crippen LogP contribution is 2.38. The van der Waals surface area contributed by atoms with E-state index in [2.05, 4.69) is 24.0 Å². The predicted octanol–water partition coefficient (Wildman–Crippen LogP) is 3.98. The fourth-order valence-electron chi connectivity index (χ4n) is 2.93. The molecule has 2 aromatic rings. The standard InChI is InChI=1S/C14H17ClFN3S/c1-18(2)14(4-3-5-14)8-19-12-7-10(16)9(15)6-11(12)17-13(19)20/h6-7H,3-5,8H2,1-2H3,(H,17,20). The van der Waals surface area contributed by atoms with Gasteiger partial charge in [-0.1, -0.05) is 11.6 Å². The van der Waals surface area contributed by atoms with Crippen LogP contribution in [0.25, 0.3) is 11.0 Å². The van der Waals surface area contributed by atoms with Gasteiger partial charge in [0, 0.05) is 18.2 Å². The number of hydrogen-bond donors (Lipinski definition) is 1. The Hall–Kier alpha value is -0.910. The predicted molar refractivity (Wildman–Crippen MR) is 82.4 cm³/mol. The first-order chi connectivity index (χ1) is 9.43. The number of aromatic amines is 1. The Morgan fingerprint density at radius 2 is 2.15 bits per heavy atom. The lowest BCUT2D eigenvalue weighted by molar-refractivity contribution is 0.0431. The zero-order valence-corrected chi connectivity index (χ0v) is 13.1. The smallest absolute Gasteiger partial charge is 0.178 e. The van der Waals surface area contributed by atoms with Crippen LogP contribution >= 0.6 is 23.8 Å². The maximum atomic E-state index is 13.7. The highest BCUT2D eigenvalue weighted by Gasteiger charge is 2.39. The second-order valence-electron chi connectivity index (χ2n) is 5.77. The topological polar surface area (TPSA) is 24.0 Å². The molecule has 0 aliphatic heterocycles. The molecule has 1 N–H and O–H groups in total. The Labute approximate surface area is 127 Å². The number of imidazole rings is 1. The lowest BCUT2D eigenvalue weighted by atomic mass is 9.75. The molecule has 1 saturated carbocycles. The molecule has 1 fully saturated rings. The van der Waals surface area contributed by atoms with Crippen molar-refractivity contribution in [3.8, 4) is 0 Å². The van der Waals surface area contributed by atoms with Crippen LogP contribution < -0.4 is 0 Å². The summed E-state index contributed by atoms with van der Waals surface area (Å²) in [5, 5.41) is 0.117. The van der Waals surface area contributed by atoms with Crippen molar-refractivity contribution in [1.82, 2.24) is 14.5 Å². The van der Waals surface area contributed by atoms with Gasteiger partial charge in [-0.15, -0.1) is 0 Å². The number of H-pyrrole nitrogens is 1. The quantitative estimate of drug-likeness (QED) is 0.867. The third-order valence-electron chi connectivity index (χ3n) is 4.50. The SMILES string of the molecule is CN(C)C1(Cn2c(=S)[nH]c3cc(Cl)c(F)cc32)CCC1. The summed E-state index contributed by atoms with van der Waals surface area (Å²) in [5.74, 6) is -0.408. The van der Waals surface area contributed by atoms with Crippen molar-refractivity contribution >= 4 is 34.9 Å². The number of fused-ring (bicyclic) bond motifs is 1. The molecule has 108 valence electrons. The third kappa shape index (κ3) is 2.08. The summed E-state index contributed by atoms with van der Waals surface area (Å²) >= 11 is 11.2. The minimum atomic E-state index is -0.408. The highest BCUT2D eigenvalue weighted by atomic mass is 35.5. The molecule has 6 heteroatoms. The normalized spacial score (nSPS) is 17.6. The second-order valence-corrected chi connectivity index (χ2v) is 6.57. The zero-order chi connectivity index (χ0) is 14.5. The lowest BCUT2D eigenvalue weighted by Gasteiger charge is -2.47. The van der Waals surface area contributed by atoms with E-state index in [0.29, 0.717) is 4.77 Å². The summed E-state index contributed by atoms with van der Waals surface area (Å²) in [4.78, 5) is 5.37. The van der Waals surface area contributed by atoms with E-state index in [-0.39, 0.29) is 10.6 Å². The zero-order valence-electron chi connectivity index (χ0n) is 11.5. The minimum absolute atomic E-state index is 0.117. The van der Waals surface area contributed by atoms with Crippen molar-refractivity contribution in [3.63, 3.8) is 0 Å². The molecular formula is C14H17ClFN3S. The molecule has 1 aliphatic carbocycles. The summed E-state index contributed by atoms with van der Waals surface area (Å²) in [5.41, 5.74) is 1.70. The van der Waals surface area contributed by atoms with E-state index in [1.165, 1.54) is 12.5 Å². The number of benzene rings is 1. The Morgan fingerprint density at radius 3 is 2.70 bits per heavy atom. The third-order valence-corrected chi connectivity index (χ3v) is 5.11. The molecule has 0 amide bonds. The van der Waals surface area contributed by atoms with E-state index in [9.17, 15) is 4.39 Å². The molecule has 0 unspecified atom stereocenters. The van der Waals surface area contributed by atoms with E-state index < -0.39 is 5.82 Å². The first-order valence-electron chi connectivity index (χ1n) is 6.68. The van der Waals surface area contributed by atoms with E-state index >= 15 is 0 Å². The Bertz CT molecular complexity index is 715. The molecule has 1 aromatic carbocycles. The maximum Gasteiger partial charge on any atom is 0.178 e. The van der Waals surface area contributed by atoms with Gasteiger partial charge >= 0.3 is 0 Å². The highest BCUT2D eigenvalue weighted by molar-refractivity contribution is 7.71. The number of hydrogen-bond acceptors (Lipinski definition) is 2. The largest absolute Gasteiger partial charge is 0.331 e. The van der Waals surface area contributed by atoms with Crippen molar-refractivity contribution in [1.29, 1.82) is 0 Å². The van der Waals surface area contributed by atoms with Crippen molar-refractivity contribution in [2.24, 2.45) is 0 Å². The fourth-order valence-corrected chi connectivity index (χ4v) is 3.37. The van der Waals surface area contributed by atoms with Gasteiger partial charge in [0.25, 0.3) is 0 Å². The van der Waals surface area contributed by atoms with Gasteiger partial charge in [0.1, 0.15) is 5.82 Å². The monoisotopic (exact) mass is 313 g/mol. The van der Waals surface area contributed by atoms with E-state index in [1.54, 1.807) is 6.07 Å². The summed E-state index contributed by atoms with van der Waals surface area (Å²) in [6.45, 7) is 0.778. The van der Waals surface area contributed by atoms with Gasteiger partial charge in [0.15, 0.2) is 4.77 Å². The molecule has 20 heavy (non-hydrogen) atoms. The van der Waals surface area contributed by atoms with Crippen LogP contribution in [0.15, 0.2) is 12.1 Å². The van der Waals surface area contributed by atoms with Crippen LogP contribution in [-0.4, -0.2) is 34.1 Å². The van der Waals surface area contributed by atoms with E-state index in [1.807, 2.05) is 4.57 Å². The molecule has 3 nitrogen and oxygen atoms in total. The van der Waals surface area contributed by atoms with Gasteiger partial charge in [-0.05, 0) is 51.6 Å². The number of aromatic nitrogens is 2. The number of nitrogens with zero attached hydrogens (tertiary/aromatic N) is 2. The summed E-state index contributed by atoms with van der Waals surface area (Å²) in [6.07, 6.45) is 3.52. The van der Waals surface area contributed by atoms with Crippen LogP contribution in [0, 0.1) is 10.6 Å². The molecule has 3 rings (SSSR count). The summed E-state index contributed by atoms with van der Waals surface area (Å²) < 4.78 is 16.3. The van der Waals surface area contributed by atoms with Gasteiger partial charge in [-0.3, -0.25) is 0 Å². The molecule has 0 bridgehead atoms. The average molecular weight is 314 g/mol. The first-order valence-corrected chi connectivity index (χ1v) is 7.47. The minimum Gasteiger partial charge on any atom is -0.331 e. The first kappa shape index (κ1) is 14.0. The second kappa shape index (κ2) is 4.83. The van der Waals surface area contributed by atoms with Crippen molar-refractivity contribution in [3.05, 3.63) is 27.7 Å². The van der Waals surface area contributed by atoms with E-state index in [4.69, 9.17) is 23.8 Å². The molecule has 0 saturated heterocycles. The maximum absolute atomic E-state index is 13.7. The molecule has 1 aliphatic rings. The molecular weight excluding hydrogens is 297 g/mol. The van der Waals surface area contributed by atoms with Crippen LogP contribution in [0.4, 0.5) is 4.39 Å². The van der Waals surface area contributed by atoms with Gasteiger partial charge in [-0.2, -0.15) is 0 Å². The Kier molecular flexibility index (Phi) is 3.39. The van der Waals surface area contributed by atoms with Crippen LogP contribution in [0.2, 0.25) is 5.02 Å². The fraction of sp³-hybridized carbons (Fsp3) is 0.500. The van der Waals surface area contributed by atoms with Crippen molar-refractivity contribution in [2.75, 3.05) is 14.1 Å². The van der Waals surface area contributed by atoms with Crippen LogP contribution in [-0.2, 0) is 6.54 Å². The average Bonchev–Trinajstić information content (AvgIpc) is 2.60. The Balaban J connectivity index is 2.10. The summed E-state index contributed by atoms with van der Waals surface area (Å²) in [6, 6.07) is 3.06. The lowest BCUT2D eigenvalue weighted by Crippen LogP contribution is -2.53. The molecule has 0 atom stereocenters. The van der Waals surface area contributed by atoms with E-state index in [0.717, 1.165) is 30.4 Å². The number of halogens is 2.